The molecule has 0 aliphatic rings. The minimum atomic E-state index is -4.40. The first kappa shape index (κ1) is 13.4. The maximum absolute atomic E-state index is 12.4. The zero-order chi connectivity index (χ0) is 12.2. The van der Waals surface area contributed by atoms with E-state index < -0.39 is 11.9 Å². The Morgan fingerprint density at radius 3 is 2.69 bits per heavy atom. The highest BCUT2D eigenvalue weighted by Gasteiger charge is 2.32. The van der Waals surface area contributed by atoms with Gasteiger partial charge in [-0.05, 0) is 12.5 Å². The normalized spacial score (nSPS) is 13.8. The second kappa shape index (κ2) is 5.61. The van der Waals surface area contributed by atoms with Crippen LogP contribution in [-0.2, 0) is 12.6 Å². The van der Waals surface area contributed by atoms with E-state index in [1.54, 1.807) is 0 Å². The van der Waals surface area contributed by atoms with Crippen molar-refractivity contribution in [3.8, 4) is 0 Å². The minimum absolute atomic E-state index is 0.126. The summed E-state index contributed by atoms with van der Waals surface area (Å²) in [6, 6.07) is 0.882. The molecule has 0 saturated heterocycles. The van der Waals surface area contributed by atoms with E-state index >= 15 is 0 Å². The van der Waals surface area contributed by atoms with Gasteiger partial charge in [0.15, 0.2) is 0 Å². The van der Waals surface area contributed by atoms with Gasteiger partial charge >= 0.3 is 6.18 Å². The van der Waals surface area contributed by atoms with Crippen LogP contribution in [0.15, 0.2) is 12.3 Å². The summed E-state index contributed by atoms with van der Waals surface area (Å²) < 4.78 is 37.1. The topological polar surface area (TPSA) is 25.8 Å². The van der Waals surface area contributed by atoms with Gasteiger partial charge in [-0.2, -0.15) is 13.2 Å². The van der Waals surface area contributed by atoms with Crippen LogP contribution in [0, 0.1) is 0 Å². The van der Waals surface area contributed by atoms with Gasteiger partial charge in [-0.1, -0.05) is 29.3 Å². The monoisotopic (exact) mass is 296 g/mol. The highest BCUT2D eigenvalue weighted by atomic mass is 79.9. The van der Waals surface area contributed by atoms with Crippen LogP contribution in [-0.4, -0.2) is 14.8 Å². The molecule has 90 valence electrons. The first-order valence-electron chi connectivity index (χ1n) is 4.96. The Labute approximate surface area is 100 Å². The van der Waals surface area contributed by atoms with Crippen molar-refractivity contribution in [3.05, 3.63) is 23.8 Å². The van der Waals surface area contributed by atoms with Crippen molar-refractivity contribution in [2.24, 2.45) is 0 Å². The van der Waals surface area contributed by atoms with Crippen molar-refractivity contribution >= 4 is 15.9 Å². The predicted molar refractivity (Wildman–Crippen MR) is 58.4 cm³/mol. The highest BCUT2D eigenvalue weighted by Crippen LogP contribution is 2.27. The Morgan fingerprint density at radius 2 is 2.12 bits per heavy atom. The van der Waals surface area contributed by atoms with Crippen LogP contribution in [0.4, 0.5) is 13.2 Å². The van der Waals surface area contributed by atoms with Crippen molar-refractivity contribution in [2.75, 3.05) is 0 Å². The molecule has 16 heavy (non-hydrogen) atoms. The third-order valence-corrected chi connectivity index (χ3v) is 2.78. The number of halogens is 4. The maximum Gasteiger partial charge on any atom is 0.433 e. The number of nitrogens with zero attached hydrogens (tertiary/aromatic N) is 2. The molecule has 1 atom stereocenters. The summed E-state index contributed by atoms with van der Waals surface area (Å²) in [7, 11) is 0. The molecule has 1 aromatic heterocycles. The summed E-state index contributed by atoms with van der Waals surface area (Å²) in [5, 5.41) is 0. The Balaban J connectivity index is 2.75. The van der Waals surface area contributed by atoms with Gasteiger partial charge < -0.3 is 0 Å². The fourth-order valence-electron chi connectivity index (χ4n) is 1.27. The number of alkyl halides is 4. The number of hydrogen-bond donors (Lipinski definition) is 0. The van der Waals surface area contributed by atoms with Crippen LogP contribution >= 0.6 is 15.9 Å². The van der Waals surface area contributed by atoms with E-state index in [9.17, 15) is 13.2 Å². The Morgan fingerprint density at radius 1 is 1.44 bits per heavy atom. The molecule has 0 radical (unpaired) electrons. The molecule has 6 heteroatoms. The number of aromatic nitrogens is 2. The van der Waals surface area contributed by atoms with Crippen LogP contribution in [0.25, 0.3) is 0 Å². The van der Waals surface area contributed by atoms with E-state index in [4.69, 9.17) is 0 Å². The summed E-state index contributed by atoms with van der Waals surface area (Å²) in [6.07, 6.45) is -0.979. The summed E-state index contributed by atoms with van der Waals surface area (Å²) in [5.74, 6) is 0.227. The lowest BCUT2D eigenvalue weighted by molar-refractivity contribution is -0.141. The van der Waals surface area contributed by atoms with E-state index in [0.717, 1.165) is 25.1 Å². The van der Waals surface area contributed by atoms with Crippen molar-refractivity contribution < 1.29 is 13.2 Å². The molecule has 1 heterocycles. The number of rotatable bonds is 4. The van der Waals surface area contributed by atoms with Crippen molar-refractivity contribution in [3.63, 3.8) is 0 Å². The van der Waals surface area contributed by atoms with E-state index in [2.05, 4.69) is 25.9 Å². The smallest absolute Gasteiger partial charge is 0.241 e. The van der Waals surface area contributed by atoms with Gasteiger partial charge in [0.1, 0.15) is 11.5 Å². The standard InChI is InChI=1S/C10H12BrF3N2/c1-2-3-7(11)6-9-15-5-4-8(16-9)10(12,13)14/h4-5,7H,2-3,6H2,1H3. The molecule has 0 spiro atoms. The zero-order valence-electron chi connectivity index (χ0n) is 8.76. The molecule has 0 aromatic carbocycles. The summed E-state index contributed by atoms with van der Waals surface area (Å²) in [6.45, 7) is 2.02. The van der Waals surface area contributed by atoms with Crippen molar-refractivity contribution in [1.29, 1.82) is 0 Å². The predicted octanol–water partition coefficient (Wildman–Crippen LogP) is 3.60. The molecule has 1 unspecified atom stereocenters. The summed E-state index contributed by atoms with van der Waals surface area (Å²) in [4.78, 5) is 7.46. The summed E-state index contributed by atoms with van der Waals surface area (Å²) >= 11 is 3.39. The molecule has 0 amide bonds. The van der Waals surface area contributed by atoms with E-state index in [-0.39, 0.29) is 10.7 Å². The molecular formula is C10H12BrF3N2. The Bertz CT molecular complexity index is 341. The third-order valence-electron chi connectivity index (χ3n) is 2.00. The Hall–Kier alpha value is -0.650. The van der Waals surface area contributed by atoms with E-state index in [1.165, 1.54) is 0 Å². The number of hydrogen-bond acceptors (Lipinski definition) is 2. The SMILES string of the molecule is CCCC(Br)Cc1nccc(C(F)(F)F)n1. The van der Waals surface area contributed by atoms with Gasteiger partial charge in [-0.15, -0.1) is 0 Å². The van der Waals surface area contributed by atoms with Gasteiger partial charge in [-0.3, -0.25) is 0 Å². The molecule has 0 fully saturated rings. The summed E-state index contributed by atoms with van der Waals surface area (Å²) in [5.41, 5.74) is -0.881. The fourth-order valence-corrected chi connectivity index (χ4v) is 2.02. The molecule has 0 N–H and O–H groups in total. The fraction of sp³-hybridized carbons (Fsp3) is 0.600. The highest BCUT2D eigenvalue weighted by molar-refractivity contribution is 9.09. The van der Waals surface area contributed by atoms with E-state index in [1.807, 2.05) is 6.92 Å². The van der Waals surface area contributed by atoms with Crippen LogP contribution < -0.4 is 0 Å². The second-order valence-electron chi connectivity index (χ2n) is 3.45. The van der Waals surface area contributed by atoms with Crippen LogP contribution in [0.3, 0.4) is 0 Å². The average Bonchev–Trinajstić information content (AvgIpc) is 2.17. The molecular weight excluding hydrogens is 285 g/mol. The lowest BCUT2D eigenvalue weighted by Gasteiger charge is -2.09. The average molecular weight is 297 g/mol. The van der Waals surface area contributed by atoms with Gasteiger partial charge in [0.2, 0.25) is 0 Å². The molecule has 0 aliphatic carbocycles. The first-order valence-corrected chi connectivity index (χ1v) is 5.88. The van der Waals surface area contributed by atoms with Gasteiger partial charge in [0, 0.05) is 17.4 Å². The lowest BCUT2D eigenvalue weighted by atomic mass is 10.2. The molecule has 2 nitrogen and oxygen atoms in total. The van der Waals surface area contributed by atoms with Gasteiger partial charge in [-0.25, -0.2) is 9.97 Å². The van der Waals surface area contributed by atoms with Crippen LogP contribution in [0.1, 0.15) is 31.3 Å². The second-order valence-corrected chi connectivity index (χ2v) is 4.74. The quantitative estimate of drug-likeness (QED) is 0.794. The maximum atomic E-state index is 12.4. The molecule has 1 rings (SSSR count). The van der Waals surface area contributed by atoms with Crippen LogP contribution in [0.2, 0.25) is 0 Å². The van der Waals surface area contributed by atoms with E-state index in [0.29, 0.717) is 6.42 Å². The van der Waals surface area contributed by atoms with Gasteiger partial charge in [0.25, 0.3) is 0 Å². The molecule has 1 aromatic rings. The Kier molecular flexibility index (Phi) is 4.70. The minimum Gasteiger partial charge on any atom is -0.241 e. The van der Waals surface area contributed by atoms with Crippen molar-refractivity contribution in [1.82, 2.24) is 9.97 Å². The third kappa shape index (κ3) is 4.08. The molecule has 0 bridgehead atoms. The van der Waals surface area contributed by atoms with Crippen LogP contribution in [0.5, 0.6) is 0 Å². The van der Waals surface area contributed by atoms with Crippen molar-refractivity contribution in [2.45, 2.75) is 37.2 Å². The zero-order valence-corrected chi connectivity index (χ0v) is 10.3. The first-order chi connectivity index (χ1) is 7.43. The largest absolute Gasteiger partial charge is 0.433 e. The van der Waals surface area contributed by atoms with Gasteiger partial charge in [0.05, 0.1) is 0 Å². The molecule has 0 aliphatic heterocycles. The lowest BCUT2D eigenvalue weighted by Crippen LogP contribution is -2.12. The molecule has 0 saturated carbocycles.